The number of nitrogens with one attached hydrogen (secondary N) is 2. The number of hydrogen-bond acceptors (Lipinski definition) is 4. The van der Waals surface area contributed by atoms with Crippen molar-refractivity contribution >= 4 is 22.6 Å². The number of fused-ring (bicyclic) bond motifs is 2. The first-order chi connectivity index (χ1) is 15.0. The molecule has 0 atom stereocenters. The Morgan fingerprint density at radius 1 is 1.10 bits per heavy atom. The van der Waals surface area contributed by atoms with Gasteiger partial charge in [0, 0.05) is 18.3 Å². The molecule has 0 spiro atoms. The second-order valence-corrected chi connectivity index (χ2v) is 9.11. The predicted octanol–water partition coefficient (Wildman–Crippen LogP) is 3.61. The molecule has 2 saturated carbocycles. The molecule has 0 aliphatic heterocycles. The molecule has 31 heavy (non-hydrogen) atoms. The minimum absolute atomic E-state index is 0.0859. The fourth-order valence-corrected chi connectivity index (χ4v) is 5.21. The highest BCUT2D eigenvalue weighted by molar-refractivity contribution is 5.97. The lowest BCUT2D eigenvalue weighted by molar-refractivity contribution is 0.0935. The van der Waals surface area contributed by atoms with E-state index >= 15 is 0 Å². The number of carbonyl (C=O) groups excluding carboxylic acids is 1. The Kier molecular flexibility index (Phi) is 5.12. The normalized spacial score (nSPS) is 18.1. The summed E-state index contributed by atoms with van der Waals surface area (Å²) in [5.41, 5.74) is 2.29. The standard InChI is InChI=1S/C24H29N5O2/c1-15-11-12-20-27-22-19(24(31)28(20)14-15)13-18(23(30)26-16-7-5-6-8-16)21(25)29(22)17-9-3-2-4-10-17/h11-14,16-17,25H,2-10H2,1H3,(H,26,30). The molecule has 2 N–H and O–H groups in total. The van der Waals surface area contributed by atoms with Crippen molar-refractivity contribution in [3.05, 3.63) is 51.4 Å². The average Bonchev–Trinajstić information content (AvgIpc) is 3.28. The van der Waals surface area contributed by atoms with Crippen molar-refractivity contribution < 1.29 is 4.79 Å². The second-order valence-electron chi connectivity index (χ2n) is 9.11. The minimum Gasteiger partial charge on any atom is -0.349 e. The van der Waals surface area contributed by atoms with Crippen LogP contribution >= 0.6 is 0 Å². The number of hydrogen-bond donors (Lipinski definition) is 2. The molecule has 162 valence electrons. The van der Waals surface area contributed by atoms with Gasteiger partial charge in [-0.25, -0.2) is 4.98 Å². The number of nitrogens with zero attached hydrogens (tertiary/aromatic N) is 3. The van der Waals surface area contributed by atoms with Crippen LogP contribution in [-0.4, -0.2) is 25.9 Å². The van der Waals surface area contributed by atoms with Crippen LogP contribution in [0.1, 0.15) is 79.8 Å². The molecule has 7 heteroatoms. The summed E-state index contributed by atoms with van der Waals surface area (Å²) in [7, 11) is 0. The first-order valence-corrected chi connectivity index (χ1v) is 11.5. The summed E-state index contributed by atoms with van der Waals surface area (Å²) in [4.78, 5) is 31.4. The van der Waals surface area contributed by atoms with E-state index in [0.29, 0.717) is 16.7 Å². The van der Waals surface area contributed by atoms with Crippen LogP contribution in [0.3, 0.4) is 0 Å². The third-order valence-electron chi connectivity index (χ3n) is 6.87. The van der Waals surface area contributed by atoms with Crippen molar-refractivity contribution in [2.24, 2.45) is 0 Å². The number of amides is 1. The molecule has 3 aromatic heterocycles. The maximum Gasteiger partial charge on any atom is 0.267 e. The first-order valence-electron chi connectivity index (χ1n) is 11.5. The van der Waals surface area contributed by atoms with Crippen molar-refractivity contribution in [3.8, 4) is 0 Å². The Bertz CT molecular complexity index is 1280. The number of aryl methyl sites for hydroxylation is 1. The van der Waals surface area contributed by atoms with Crippen molar-refractivity contribution in [2.75, 3.05) is 0 Å². The van der Waals surface area contributed by atoms with Crippen LogP contribution in [0.4, 0.5) is 0 Å². The van der Waals surface area contributed by atoms with Gasteiger partial charge in [0.25, 0.3) is 11.5 Å². The fraction of sp³-hybridized carbons (Fsp3) is 0.500. The number of aromatic nitrogens is 3. The maximum atomic E-state index is 13.4. The van der Waals surface area contributed by atoms with Crippen LogP contribution in [0, 0.1) is 12.3 Å². The quantitative estimate of drug-likeness (QED) is 0.635. The van der Waals surface area contributed by atoms with Crippen LogP contribution in [-0.2, 0) is 0 Å². The molecule has 1 amide bonds. The van der Waals surface area contributed by atoms with Crippen LogP contribution in [0.5, 0.6) is 0 Å². The number of pyridine rings is 2. The Morgan fingerprint density at radius 3 is 2.55 bits per heavy atom. The highest BCUT2D eigenvalue weighted by Crippen LogP contribution is 2.29. The molecule has 2 aliphatic carbocycles. The van der Waals surface area contributed by atoms with Crippen LogP contribution in [0.15, 0.2) is 29.2 Å². The zero-order chi connectivity index (χ0) is 21.5. The molecular weight excluding hydrogens is 390 g/mol. The van der Waals surface area contributed by atoms with E-state index in [4.69, 9.17) is 10.4 Å². The lowest BCUT2D eigenvalue weighted by Gasteiger charge is -2.26. The van der Waals surface area contributed by atoms with Crippen LogP contribution in [0.25, 0.3) is 16.7 Å². The highest BCUT2D eigenvalue weighted by Gasteiger charge is 2.25. The Morgan fingerprint density at radius 2 is 1.81 bits per heavy atom. The van der Waals surface area contributed by atoms with Gasteiger partial charge in [-0.05, 0) is 50.3 Å². The Hall–Kier alpha value is -2.96. The topological polar surface area (TPSA) is 92.2 Å². The van der Waals surface area contributed by atoms with Gasteiger partial charge in [-0.1, -0.05) is 38.2 Å². The van der Waals surface area contributed by atoms with Gasteiger partial charge in [-0.2, -0.15) is 0 Å². The molecule has 0 unspecified atom stereocenters. The summed E-state index contributed by atoms with van der Waals surface area (Å²) in [5, 5.41) is 12.4. The zero-order valence-corrected chi connectivity index (χ0v) is 18.0. The predicted molar refractivity (Wildman–Crippen MR) is 119 cm³/mol. The molecule has 3 heterocycles. The van der Waals surface area contributed by atoms with E-state index in [9.17, 15) is 9.59 Å². The van der Waals surface area contributed by atoms with Crippen molar-refractivity contribution in [1.82, 2.24) is 19.3 Å². The molecule has 7 nitrogen and oxygen atoms in total. The summed E-state index contributed by atoms with van der Waals surface area (Å²) in [6.45, 7) is 1.94. The molecule has 2 fully saturated rings. The van der Waals surface area contributed by atoms with E-state index in [1.807, 2.05) is 23.6 Å². The van der Waals surface area contributed by atoms with Crippen LogP contribution in [0.2, 0.25) is 0 Å². The molecular formula is C24H29N5O2. The molecule has 0 radical (unpaired) electrons. The molecule has 0 bridgehead atoms. The third-order valence-corrected chi connectivity index (χ3v) is 6.87. The SMILES string of the molecule is Cc1ccc2nc3c(cc(C(=O)NC4CCCC4)c(=N)n3C3CCCCC3)c(=O)n2c1. The minimum atomic E-state index is -0.253. The number of carbonyl (C=O) groups is 1. The molecule has 3 aromatic rings. The smallest absolute Gasteiger partial charge is 0.267 e. The monoisotopic (exact) mass is 419 g/mol. The van der Waals surface area contributed by atoms with Gasteiger partial charge in [0.1, 0.15) is 16.8 Å². The first kappa shape index (κ1) is 20.0. The number of rotatable bonds is 3. The molecule has 5 rings (SSSR count). The second kappa shape index (κ2) is 7.94. The summed E-state index contributed by atoms with van der Waals surface area (Å²) in [6, 6.07) is 5.60. The van der Waals surface area contributed by atoms with Gasteiger partial charge in [0.05, 0.1) is 10.9 Å². The van der Waals surface area contributed by atoms with Gasteiger partial charge in [0.2, 0.25) is 0 Å². The van der Waals surface area contributed by atoms with Gasteiger partial charge < -0.3 is 9.88 Å². The highest BCUT2D eigenvalue weighted by atomic mass is 16.2. The van der Waals surface area contributed by atoms with E-state index in [1.54, 1.807) is 16.7 Å². The molecule has 0 aromatic carbocycles. The van der Waals surface area contributed by atoms with Crippen molar-refractivity contribution in [3.63, 3.8) is 0 Å². The molecule has 2 aliphatic rings. The molecule has 0 saturated heterocycles. The van der Waals surface area contributed by atoms with Crippen molar-refractivity contribution in [2.45, 2.75) is 76.8 Å². The summed E-state index contributed by atoms with van der Waals surface area (Å²) >= 11 is 0. The van der Waals surface area contributed by atoms with E-state index in [2.05, 4.69) is 5.32 Å². The fourth-order valence-electron chi connectivity index (χ4n) is 5.21. The summed E-state index contributed by atoms with van der Waals surface area (Å²) in [6.07, 6.45) is 11.2. The Labute approximate surface area is 180 Å². The van der Waals surface area contributed by atoms with Crippen molar-refractivity contribution in [1.29, 1.82) is 5.41 Å². The van der Waals surface area contributed by atoms with Gasteiger partial charge in [-0.15, -0.1) is 0 Å². The van der Waals surface area contributed by atoms with Gasteiger partial charge >= 0.3 is 0 Å². The van der Waals surface area contributed by atoms with E-state index < -0.39 is 0 Å². The van der Waals surface area contributed by atoms with E-state index in [1.165, 1.54) is 6.42 Å². The summed E-state index contributed by atoms with van der Waals surface area (Å²) < 4.78 is 3.41. The summed E-state index contributed by atoms with van der Waals surface area (Å²) in [5.74, 6) is -0.253. The van der Waals surface area contributed by atoms with E-state index in [-0.39, 0.29) is 34.6 Å². The largest absolute Gasteiger partial charge is 0.349 e. The van der Waals surface area contributed by atoms with E-state index in [0.717, 1.165) is 56.9 Å². The maximum absolute atomic E-state index is 13.4. The van der Waals surface area contributed by atoms with Gasteiger partial charge in [-0.3, -0.25) is 19.4 Å². The lowest BCUT2D eigenvalue weighted by atomic mass is 9.94. The third kappa shape index (κ3) is 3.56. The average molecular weight is 420 g/mol. The zero-order valence-electron chi connectivity index (χ0n) is 18.0. The Balaban J connectivity index is 1.75. The van der Waals surface area contributed by atoms with Gasteiger partial charge in [0.15, 0.2) is 0 Å². The van der Waals surface area contributed by atoms with Crippen LogP contribution < -0.4 is 16.4 Å². The lowest BCUT2D eigenvalue weighted by Crippen LogP contribution is -2.39.